The normalized spacial score (nSPS) is 11.6. The van der Waals surface area contributed by atoms with Crippen molar-refractivity contribution in [2.45, 2.75) is 65.2 Å². The molecule has 3 heteroatoms. The van der Waals surface area contributed by atoms with E-state index >= 15 is 0 Å². The first-order valence-electron chi connectivity index (χ1n) is 9.54. The second-order valence-corrected chi connectivity index (χ2v) is 6.97. The molecule has 0 atom stereocenters. The summed E-state index contributed by atoms with van der Waals surface area (Å²) in [5.74, 6) is 0.635. The van der Waals surface area contributed by atoms with Crippen LogP contribution in [0.5, 0.6) is 11.5 Å². The van der Waals surface area contributed by atoms with E-state index in [2.05, 4.69) is 13.8 Å². The van der Waals surface area contributed by atoms with E-state index in [0.29, 0.717) is 11.5 Å². The first kappa shape index (κ1) is 17.7. The lowest BCUT2D eigenvalue weighted by Gasteiger charge is -2.05. The van der Waals surface area contributed by atoms with Gasteiger partial charge in [0, 0.05) is 10.8 Å². The van der Waals surface area contributed by atoms with E-state index in [4.69, 9.17) is 4.42 Å². The van der Waals surface area contributed by atoms with Crippen LogP contribution in [0.25, 0.3) is 21.9 Å². The fourth-order valence-corrected chi connectivity index (χ4v) is 3.46. The Morgan fingerprint density at radius 1 is 0.680 bits per heavy atom. The largest absolute Gasteiger partial charge is 0.508 e. The van der Waals surface area contributed by atoms with Crippen molar-refractivity contribution in [1.82, 2.24) is 0 Å². The van der Waals surface area contributed by atoms with Gasteiger partial charge in [-0.2, -0.15) is 0 Å². The molecule has 0 aliphatic carbocycles. The Bertz CT molecular complexity index is 790. The van der Waals surface area contributed by atoms with Crippen LogP contribution in [-0.2, 0) is 12.8 Å². The van der Waals surface area contributed by atoms with Crippen LogP contribution in [0.15, 0.2) is 28.7 Å². The van der Waals surface area contributed by atoms with Crippen LogP contribution in [0.4, 0.5) is 0 Å². The molecule has 0 saturated carbocycles. The molecule has 0 saturated heterocycles. The van der Waals surface area contributed by atoms with Crippen LogP contribution in [0, 0.1) is 0 Å². The number of phenolic OH excluding ortho intramolecular Hbond substituents is 2. The third kappa shape index (κ3) is 3.76. The number of hydrogen-bond donors (Lipinski definition) is 2. The standard InChI is InChI=1S/C22H28O3/c1-3-5-7-9-15-11-21-17(13-19(15)23)18-14-20(24)16(10-8-6-4-2)12-22(18)25-21/h11-14,23-24H,3-10H2,1-2H3. The first-order valence-corrected chi connectivity index (χ1v) is 9.54. The molecule has 1 aromatic heterocycles. The van der Waals surface area contributed by atoms with Crippen molar-refractivity contribution in [3.63, 3.8) is 0 Å². The van der Waals surface area contributed by atoms with E-state index in [1.807, 2.05) is 12.1 Å². The summed E-state index contributed by atoms with van der Waals surface area (Å²) in [6.45, 7) is 4.35. The van der Waals surface area contributed by atoms with Crippen LogP contribution >= 0.6 is 0 Å². The summed E-state index contributed by atoms with van der Waals surface area (Å²) in [4.78, 5) is 0. The molecule has 3 nitrogen and oxygen atoms in total. The van der Waals surface area contributed by atoms with E-state index in [-0.39, 0.29) is 0 Å². The Morgan fingerprint density at radius 2 is 1.12 bits per heavy atom. The van der Waals surface area contributed by atoms with Crippen molar-refractivity contribution in [2.75, 3.05) is 0 Å². The molecule has 0 spiro atoms. The van der Waals surface area contributed by atoms with E-state index < -0.39 is 0 Å². The zero-order valence-electron chi connectivity index (χ0n) is 15.3. The van der Waals surface area contributed by atoms with Crippen molar-refractivity contribution >= 4 is 21.9 Å². The van der Waals surface area contributed by atoms with Gasteiger partial charge < -0.3 is 14.6 Å². The molecule has 134 valence electrons. The molecular weight excluding hydrogens is 312 g/mol. The van der Waals surface area contributed by atoms with Crippen molar-refractivity contribution in [3.05, 3.63) is 35.4 Å². The lowest BCUT2D eigenvalue weighted by Crippen LogP contribution is -1.87. The molecule has 1 heterocycles. The number of aromatic hydroxyl groups is 2. The maximum absolute atomic E-state index is 10.3. The molecule has 3 aromatic rings. The lowest BCUT2D eigenvalue weighted by atomic mass is 10.0. The molecule has 3 rings (SSSR count). The van der Waals surface area contributed by atoms with Crippen LogP contribution in [0.3, 0.4) is 0 Å². The number of unbranched alkanes of at least 4 members (excludes halogenated alkanes) is 4. The average molecular weight is 340 g/mol. The third-order valence-corrected chi connectivity index (χ3v) is 4.97. The molecule has 0 amide bonds. The minimum atomic E-state index is 0.317. The summed E-state index contributed by atoms with van der Waals surface area (Å²) in [5.41, 5.74) is 3.44. The Labute approximate surface area is 149 Å². The fraction of sp³-hybridized carbons (Fsp3) is 0.455. The van der Waals surface area contributed by atoms with Gasteiger partial charge in [-0.3, -0.25) is 0 Å². The van der Waals surface area contributed by atoms with E-state index in [9.17, 15) is 10.2 Å². The van der Waals surface area contributed by atoms with Gasteiger partial charge >= 0.3 is 0 Å². The van der Waals surface area contributed by atoms with Crippen molar-refractivity contribution in [1.29, 1.82) is 0 Å². The second-order valence-electron chi connectivity index (χ2n) is 6.97. The fourth-order valence-electron chi connectivity index (χ4n) is 3.46. The maximum Gasteiger partial charge on any atom is 0.135 e. The minimum Gasteiger partial charge on any atom is -0.508 e. The molecule has 0 aliphatic rings. The van der Waals surface area contributed by atoms with Crippen molar-refractivity contribution < 1.29 is 14.6 Å². The summed E-state index contributed by atoms with van der Waals surface area (Å²) in [6, 6.07) is 7.46. The Kier molecular flexibility index (Phi) is 5.52. The summed E-state index contributed by atoms with van der Waals surface area (Å²) in [7, 11) is 0. The Balaban J connectivity index is 1.97. The number of benzene rings is 2. The van der Waals surface area contributed by atoms with Gasteiger partial charge in [-0.15, -0.1) is 0 Å². The van der Waals surface area contributed by atoms with Gasteiger partial charge in [0.25, 0.3) is 0 Å². The first-order chi connectivity index (χ1) is 12.1. The van der Waals surface area contributed by atoms with Crippen molar-refractivity contribution in [2.24, 2.45) is 0 Å². The Hall–Kier alpha value is -2.16. The van der Waals surface area contributed by atoms with Gasteiger partial charge in [0.2, 0.25) is 0 Å². The van der Waals surface area contributed by atoms with E-state index in [1.165, 1.54) is 0 Å². The Morgan fingerprint density at radius 3 is 1.52 bits per heavy atom. The van der Waals surface area contributed by atoms with Gasteiger partial charge in [-0.1, -0.05) is 39.5 Å². The third-order valence-electron chi connectivity index (χ3n) is 4.97. The molecule has 0 fully saturated rings. The molecule has 2 aromatic carbocycles. The topological polar surface area (TPSA) is 53.6 Å². The summed E-state index contributed by atoms with van der Waals surface area (Å²) < 4.78 is 6.03. The molecule has 0 unspecified atom stereocenters. The maximum atomic E-state index is 10.3. The highest BCUT2D eigenvalue weighted by molar-refractivity contribution is 6.06. The van der Waals surface area contributed by atoms with Crippen LogP contribution in [-0.4, -0.2) is 10.2 Å². The quantitative estimate of drug-likeness (QED) is 0.462. The molecule has 2 N–H and O–H groups in total. The number of fused-ring (bicyclic) bond motifs is 3. The van der Waals surface area contributed by atoms with Crippen LogP contribution < -0.4 is 0 Å². The van der Waals surface area contributed by atoms with Gasteiger partial charge in [0.15, 0.2) is 0 Å². The van der Waals surface area contributed by atoms with Gasteiger partial charge in [0.1, 0.15) is 22.7 Å². The van der Waals surface area contributed by atoms with Crippen LogP contribution in [0.1, 0.15) is 63.5 Å². The highest BCUT2D eigenvalue weighted by Gasteiger charge is 2.14. The van der Waals surface area contributed by atoms with Gasteiger partial charge in [-0.25, -0.2) is 0 Å². The predicted molar refractivity (Wildman–Crippen MR) is 104 cm³/mol. The smallest absolute Gasteiger partial charge is 0.135 e. The molecular formula is C22H28O3. The molecule has 0 aliphatic heterocycles. The zero-order chi connectivity index (χ0) is 17.8. The summed E-state index contributed by atoms with van der Waals surface area (Å²) >= 11 is 0. The number of rotatable bonds is 8. The zero-order valence-corrected chi connectivity index (χ0v) is 15.3. The second kappa shape index (κ2) is 7.81. The average Bonchev–Trinajstić information content (AvgIpc) is 2.92. The summed E-state index contributed by atoms with van der Waals surface area (Å²) in [5, 5.41) is 22.4. The van der Waals surface area contributed by atoms with Gasteiger partial charge in [-0.05, 0) is 61.1 Å². The van der Waals surface area contributed by atoms with Gasteiger partial charge in [0.05, 0.1) is 0 Å². The molecule has 0 radical (unpaired) electrons. The summed E-state index contributed by atoms with van der Waals surface area (Å²) in [6.07, 6.45) is 8.50. The van der Waals surface area contributed by atoms with E-state index in [0.717, 1.165) is 84.4 Å². The van der Waals surface area contributed by atoms with E-state index in [1.54, 1.807) is 12.1 Å². The number of aryl methyl sites for hydroxylation is 2. The highest BCUT2D eigenvalue weighted by Crippen LogP contribution is 2.37. The van der Waals surface area contributed by atoms with Crippen molar-refractivity contribution in [3.8, 4) is 11.5 Å². The molecule has 0 bridgehead atoms. The predicted octanol–water partition coefficient (Wildman–Crippen LogP) is 6.46. The van der Waals surface area contributed by atoms with Crippen LogP contribution in [0.2, 0.25) is 0 Å². The highest BCUT2D eigenvalue weighted by atomic mass is 16.3. The number of furan rings is 1. The number of phenols is 2. The minimum absolute atomic E-state index is 0.317. The number of hydrogen-bond acceptors (Lipinski definition) is 3. The monoisotopic (exact) mass is 340 g/mol. The SMILES string of the molecule is CCCCCc1cc2oc3cc(CCCCC)c(O)cc3c2cc1O. The lowest BCUT2D eigenvalue weighted by molar-refractivity contribution is 0.466. The molecule has 25 heavy (non-hydrogen) atoms.